The van der Waals surface area contributed by atoms with Gasteiger partial charge in [0.25, 0.3) is 0 Å². The van der Waals surface area contributed by atoms with Crippen LogP contribution in [0.1, 0.15) is 36.4 Å². The Morgan fingerprint density at radius 2 is 1.75 bits per heavy atom. The third-order valence-electron chi connectivity index (χ3n) is 4.68. The molecular weight excluding hydrogens is 422 g/mol. The van der Waals surface area contributed by atoms with Crippen LogP contribution in [-0.4, -0.2) is 36.7 Å². The first kappa shape index (κ1) is 20.1. The number of halogens is 1. The minimum Gasteiger partial charge on any atom is -0.550 e. The number of amides is 1. The summed E-state index contributed by atoms with van der Waals surface area (Å²) in [5.74, 6) is -1.56. The van der Waals surface area contributed by atoms with E-state index in [4.69, 9.17) is 0 Å². The molecule has 2 aromatic rings. The van der Waals surface area contributed by atoms with Gasteiger partial charge in [-0.1, -0.05) is 40.2 Å². The smallest absolute Gasteiger partial charge is 0.243 e. The van der Waals surface area contributed by atoms with E-state index in [2.05, 4.69) is 21.0 Å². The highest BCUT2D eigenvalue weighted by molar-refractivity contribution is 9.10. The maximum atomic E-state index is 12.7. The van der Waals surface area contributed by atoms with Crippen LogP contribution in [0.15, 0.2) is 58.1 Å². The minimum absolute atomic E-state index is 0.133. The standard InChI is InChI=1S/C21H22BrN3O3/c1-24(2)17-9-5-15(6-10-17)19-13-18(14-3-7-16(22)8-4-14)23-25(19)20(26)11-12-21(27)28/h3-10,19H,11-13H2,1-2H3,(H,27,28)/p-1/t19-/m1/s1. The van der Waals surface area contributed by atoms with Gasteiger partial charge in [0.05, 0.1) is 11.8 Å². The van der Waals surface area contributed by atoms with Crippen LogP contribution in [0.5, 0.6) is 0 Å². The number of hydrogen-bond donors (Lipinski definition) is 0. The van der Waals surface area contributed by atoms with Gasteiger partial charge in [-0.15, -0.1) is 0 Å². The van der Waals surface area contributed by atoms with Crippen molar-refractivity contribution in [3.05, 3.63) is 64.1 Å². The Morgan fingerprint density at radius 3 is 2.32 bits per heavy atom. The molecule has 3 rings (SSSR count). The first-order valence-corrected chi connectivity index (χ1v) is 9.77. The van der Waals surface area contributed by atoms with Crippen molar-refractivity contribution in [1.82, 2.24) is 5.01 Å². The first-order chi connectivity index (χ1) is 13.3. The van der Waals surface area contributed by atoms with Crippen molar-refractivity contribution in [2.75, 3.05) is 19.0 Å². The van der Waals surface area contributed by atoms with E-state index >= 15 is 0 Å². The zero-order valence-corrected chi connectivity index (χ0v) is 17.3. The molecule has 1 heterocycles. The molecule has 0 bridgehead atoms. The third kappa shape index (κ3) is 4.59. The second kappa shape index (κ2) is 8.56. The van der Waals surface area contributed by atoms with Gasteiger partial charge in [-0.25, -0.2) is 5.01 Å². The Kier molecular flexibility index (Phi) is 6.14. The largest absolute Gasteiger partial charge is 0.550 e. The lowest BCUT2D eigenvalue weighted by atomic mass is 9.98. The highest BCUT2D eigenvalue weighted by Gasteiger charge is 2.32. The fraction of sp³-hybridized carbons (Fsp3) is 0.286. The molecule has 0 saturated carbocycles. The van der Waals surface area contributed by atoms with Crippen LogP contribution in [0.25, 0.3) is 0 Å². The van der Waals surface area contributed by atoms with Crippen molar-refractivity contribution >= 4 is 39.2 Å². The Hall–Kier alpha value is -2.67. The van der Waals surface area contributed by atoms with Gasteiger partial charge in [0.1, 0.15) is 0 Å². The van der Waals surface area contributed by atoms with Crippen LogP contribution in [0.4, 0.5) is 5.69 Å². The van der Waals surface area contributed by atoms with Crippen molar-refractivity contribution < 1.29 is 14.7 Å². The van der Waals surface area contributed by atoms with E-state index in [0.717, 1.165) is 27.0 Å². The molecule has 6 nitrogen and oxygen atoms in total. The number of hydrogen-bond acceptors (Lipinski definition) is 5. The maximum absolute atomic E-state index is 12.7. The van der Waals surface area contributed by atoms with Gasteiger partial charge < -0.3 is 14.8 Å². The number of nitrogens with zero attached hydrogens (tertiary/aromatic N) is 3. The molecule has 0 spiro atoms. The molecule has 2 aromatic carbocycles. The van der Waals surface area contributed by atoms with Gasteiger partial charge in [0.2, 0.25) is 5.91 Å². The van der Waals surface area contributed by atoms with Gasteiger partial charge in [-0.2, -0.15) is 5.10 Å². The van der Waals surface area contributed by atoms with Crippen LogP contribution in [-0.2, 0) is 9.59 Å². The van der Waals surface area contributed by atoms with E-state index in [1.54, 1.807) is 0 Å². The highest BCUT2D eigenvalue weighted by Crippen LogP contribution is 2.34. The molecule has 0 radical (unpaired) electrons. The van der Waals surface area contributed by atoms with E-state index in [0.29, 0.717) is 6.42 Å². The Balaban J connectivity index is 1.89. The second-order valence-corrected chi connectivity index (χ2v) is 7.79. The van der Waals surface area contributed by atoms with Gasteiger partial charge in [0, 0.05) is 43.1 Å². The zero-order valence-electron chi connectivity index (χ0n) is 15.8. The van der Waals surface area contributed by atoms with E-state index in [1.165, 1.54) is 5.01 Å². The molecule has 0 unspecified atom stereocenters. The topological polar surface area (TPSA) is 76.0 Å². The number of benzene rings is 2. The van der Waals surface area contributed by atoms with Crippen molar-refractivity contribution in [3.63, 3.8) is 0 Å². The average Bonchev–Trinajstić information content (AvgIpc) is 3.12. The number of hydrazone groups is 1. The highest BCUT2D eigenvalue weighted by atomic mass is 79.9. The molecule has 1 aliphatic heterocycles. The third-order valence-corrected chi connectivity index (χ3v) is 5.21. The van der Waals surface area contributed by atoms with Crippen molar-refractivity contribution in [2.45, 2.75) is 25.3 Å². The molecule has 0 fully saturated rings. The molecule has 1 amide bonds. The fourth-order valence-electron chi connectivity index (χ4n) is 3.13. The Bertz CT molecular complexity index is 892. The summed E-state index contributed by atoms with van der Waals surface area (Å²) in [7, 11) is 3.93. The van der Waals surface area contributed by atoms with Gasteiger partial charge in [-0.3, -0.25) is 4.79 Å². The van der Waals surface area contributed by atoms with E-state index in [1.807, 2.05) is 67.5 Å². The van der Waals surface area contributed by atoms with E-state index < -0.39 is 5.97 Å². The lowest BCUT2D eigenvalue weighted by Gasteiger charge is -2.23. The molecule has 0 aromatic heterocycles. The van der Waals surface area contributed by atoms with Crippen LogP contribution < -0.4 is 10.0 Å². The predicted octanol–water partition coefficient (Wildman–Crippen LogP) is 2.72. The average molecular weight is 443 g/mol. The number of aliphatic carboxylic acids is 1. The van der Waals surface area contributed by atoms with Crippen molar-refractivity contribution in [2.24, 2.45) is 5.10 Å². The summed E-state index contributed by atoms with van der Waals surface area (Å²) in [6.07, 6.45) is 0.122. The monoisotopic (exact) mass is 442 g/mol. The van der Waals surface area contributed by atoms with Crippen LogP contribution in [0.2, 0.25) is 0 Å². The predicted molar refractivity (Wildman–Crippen MR) is 110 cm³/mol. The van der Waals surface area contributed by atoms with Crippen LogP contribution in [0, 0.1) is 0 Å². The Labute approximate surface area is 172 Å². The van der Waals surface area contributed by atoms with Crippen molar-refractivity contribution in [3.8, 4) is 0 Å². The van der Waals surface area contributed by atoms with Gasteiger partial charge in [0.15, 0.2) is 0 Å². The summed E-state index contributed by atoms with van der Waals surface area (Å²) in [6.45, 7) is 0. The summed E-state index contributed by atoms with van der Waals surface area (Å²) in [6, 6.07) is 15.5. The molecule has 0 saturated heterocycles. The van der Waals surface area contributed by atoms with Crippen LogP contribution >= 0.6 is 15.9 Å². The molecule has 0 N–H and O–H groups in total. The van der Waals surface area contributed by atoms with Crippen molar-refractivity contribution in [1.29, 1.82) is 0 Å². The molecule has 1 aliphatic rings. The maximum Gasteiger partial charge on any atom is 0.243 e. The molecule has 146 valence electrons. The quantitative estimate of drug-likeness (QED) is 0.688. The van der Waals surface area contributed by atoms with Gasteiger partial charge >= 0.3 is 0 Å². The van der Waals surface area contributed by atoms with E-state index in [9.17, 15) is 14.7 Å². The normalized spacial score (nSPS) is 16.0. The fourth-order valence-corrected chi connectivity index (χ4v) is 3.40. The summed E-state index contributed by atoms with van der Waals surface area (Å²) < 4.78 is 0.965. The summed E-state index contributed by atoms with van der Waals surface area (Å²) in [5.41, 5.74) is 3.76. The van der Waals surface area contributed by atoms with E-state index in [-0.39, 0.29) is 24.8 Å². The Morgan fingerprint density at radius 1 is 1.11 bits per heavy atom. The molecular formula is C21H21BrN3O3-. The number of rotatable bonds is 6. The number of carbonyl (C=O) groups excluding carboxylic acids is 2. The summed E-state index contributed by atoms with van der Waals surface area (Å²) in [4.78, 5) is 25.4. The molecule has 28 heavy (non-hydrogen) atoms. The lowest BCUT2D eigenvalue weighted by Crippen LogP contribution is -2.29. The summed E-state index contributed by atoms with van der Waals surface area (Å²) >= 11 is 3.42. The number of carbonyl (C=O) groups is 2. The first-order valence-electron chi connectivity index (χ1n) is 8.98. The second-order valence-electron chi connectivity index (χ2n) is 6.87. The minimum atomic E-state index is -1.24. The molecule has 1 atom stereocenters. The number of anilines is 1. The number of carboxylic acids is 1. The zero-order chi connectivity index (χ0) is 20.3. The summed E-state index contributed by atoms with van der Waals surface area (Å²) in [5, 5.41) is 16.7. The van der Waals surface area contributed by atoms with Gasteiger partial charge in [-0.05, 0) is 41.8 Å². The van der Waals surface area contributed by atoms with Crippen LogP contribution in [0.3, 0.4) is 0 Å². The molecule has 7 heteroatoms. The molecule has 0 aliphatic carbocycles. The number of carboxylic acid groups (broad SMARTS) is 1. The lowest BCUT2D eigenvalue weighted by molar-refractivity contribution is -0.305. The SMILES string of the molecule is CN(C)c1ccc([C@H]2CC(c3ccc(Br)cc3)=NN2C(=O)CCC(=O)[O-])cc1.